The SMILES string of the molecule is CO[C@@H](C)c1ncc(N2CCN(C3CC3)CC2)cc1-c1c2c3cc(ccc3n1CCO[C@@H]1CCOC(C)(C)C1)-c1csc(n1)[C@@H](N1CCCC1)[C@H](NC(=O)[C@@H]1[C@@H](C)[C@H]1c1cocn1)C(=O)N1CCC[C@H](N1)C(=O)OCC(C)(C)C2. The Morgan fingerprint density at radius 1 is 0.975 bits per heavy atom. The van der Waals surface area contributed by atoms with E-state index in [1.807, 2.05) is 13.1 Å². The monoisotopic (exact) mass is 1100 g/mol. The van der Waals surface area contributed by atoms with Crippen molar-refractivity contribution in [3.63, 3.8) is 0 Å². The molecule has 5 aromatic rings. The molecule has 7 aliphatic rings. The topological polar surface area (TPSA) is 182 Å². The molecule has 4 saturated heterocycles. The quantitative estimate of drug-likeness (QED) is 0.108. The summed E-state index contributed by atoms with van der Waals surface area (Å²) in [6.45, 7) is 20.3. The van der Waals surface area contributed by atoms with E-state index in [9.17, 15) is 9.59 Å². The minimum absolute atomic E-state index is 0.0117. The molecule has 2 amide bonds. The lowest BCUT2D eigenvalue weighted by molar-refractivity contribution is -0.156. The molecule has 18 nitrogen and oxygen atoms in total. The van der Waals surface area contributed by atoms with Crippen LogP contribution in [-0.2, 0) is 46.3 Å². The van der Waals surface area contributed by atoms with E-state index in [1.54, 1.807) is 18.4 Å². The van der Waals surface area contributed by atoms with Crippen molar-refractivity contribution in [3.8, 4) is 22.5 Å². The van der Waals surface area contributed by atoms with Crippen molar-refractivity contribution in [2.24, 2.45) is 17.3 Å². The van der Waals surface area contributed by atoms with Crippen LogP contribution in [0.5, 0.6) is 0 Å². The summed E-state index contributed by atoms with van der Waals surface area (Å²) in [5.41, 5.74) is 11.1. The van der Waals surface area contributed by atoms with Crippen LogP contribution in [0.15, 0.2) is 52.9 Å². The third kappa shape index (κ3) is 11.3. The van der Waals surface area contributed by atoms with Crippen LogP contribution in [0.3, 0.4) is 0 Å². The number of carbonyl (C=O) groups is 3. The highest BCUT2D eigenvalue weighted by atomic mass is 32.1. The second-order valence-electron chi connectivity index (χ2n) is 24.9. The molecule has 19 heteroatoms. The van der Waals surface area contributed by atoms with Gasteiger partial charge in [0.05, 0.1) is 71.7 Å². The van der Waals surface area contributed by atoms with Crippen molar-refractivity contribution in [1.29, 1.82) is 0 Å². The highest BCUT2D eigenvalue weighted by Gasteiger charge is 2.55. The minimum atomic E-state index is -1.01. The van der Waals surface area contributed by atoms with Crippen molar-refractivity contribution < 1.29 is 37.7 Å². The Hall–Kier alpha value is -5.28. The number of aromatic nitrogens is 4. The summed E-state index contributed by atoms with van der Waals surface area (Å²) in [6, 6.07) is 7.38. The van der Waals surface area contributed by atoms with Gasteiger partial charge >= 0.3 is 5.97 Å². The first kappa shape index (κ1) is 54.3. The number of hydrogen-bond acceptors (Lipinski definition) is 16. The number of nitrogens with zero attached hydrogens (tertiary/aromatic N) is 8. The highest BCUT2D eigenvalue weighted by Crippen LogP contribution is 2.53. The molecule has 8 atom stereocenters. The van der Waals surface area contributed by atoms with Crippen molar-refractivity contribution in [1.82, 2.24) is 45.1 Å². The van der Waals surface area contributed by atoms with Crippen molar-refractivity contribution in [3.05, 3.63) is 70.5 Å². The largest absolute Gasteiger partial charge is 0.464 e. The van der Waals surface area contributed by atoms with Gasteiger partial charge in [0.25, 0.3) is 5.91 Å². The third-order valence-electron chi connectivity index (χ3n) is 18.1. The van der Waals surface area contributed by atoms with Gasteiger partial charge in [-0.15, -0.1) is 11.3 Å². The first-order valence-electron chi connectivity index (χ1n) is 29.2. The van der Waals surface area contributed by atoms with Gasteiger partial charge in [0.2, 0.25) is 5.91 Å². The Bertz CT molecular complexity index is 3010. The second kappa shape index (κ2) is 22.2. The maximum atomic E-state index is 15.3. The molecule has 6 bridgehead atoms. The van der Waals surface area contributed by atoms with E-state index in [-0.39, 0.29) is 54.0 Å². The predicted octanol–water partition coefficient (Wildman–Crippen LogP) is 8.07. The third-order valence-corrected chi connectivity index (χ3v) is 19.0. The summed E-state index contributed by atoms with van der Waals surface area (Å²) >= 11 is 1.52. The van der Waals surface area contributed by atoms with Gasteiger partial charge in [-0.05, 0) is 115 Å². The molecule has 0 unspecified atom stereocenters. The number of fused-ring (bicyclic) bond motifs is 6. The van der Waals surface area contributed by atoms with Gasteiger partial charge in [0.15, 0.2) is 6.39 Å². The van der Waals surface area contributed by atoms with Crippen LogP contribution in [0.25, 0.3) is 33.4 Å². The summed E-state index contributed by atoms with van der Waals surface area (Å²) in [4.78, 5) is 67.0. The Morgan fingerprint density at radius 2 is 1.78 bits per heavy atom. The van der Waals surface area contributed by atoms with Gasteiger partial charge in [-0.1, -0.05) is 26.8 Å². The predicted molar refractivity (Wildman–Crippen MR) is 301 cm³/mol. The van der Waals surface area contributed by atoms with Crippen LogP contribution in [0.4, 0.5) is 5.69 Å². The molecular formula is C60H80N10O8S. The number of nitrogens with one attached hydrogen (secondary N) is 2. The smallest absolute Gasteiger partial charge is 0.324 e. The number of rotatable bonds is 13. The van der Waals surface area contributed by atoms with Gasteiger partial charge < -0.3 is 38.1 Å². The number of methoxy groups -OCH3 is 1. The number of pyridine rings is 1. The van der Waals surface area contributed by atoms with Crippen LogP contribution < -0.4 is 15.6 Å². The minimum Gasteiger partial charge on any atom is -0.464 e. The van der Waals surface area contributed by atoms with E-state index in [4.69, 9.17) is 33.3 Å². The van der Waals surface area contributed by atoms with Crippen LogP contribution in [0, 0.1) is 17.3 Å². The zero-order valence-electron chi connectivity index (χ0n) is 47.2. The number of benzene rings is 1. The summed E-state index contributed by atoms with van der Waals surface area (Å²) in [6.07, 6.45) is 12.6. The highest BCUT2D eigenvalue weighted by molar-refractivity contribution is 7.10. The fourth-order valence-electron chi connectivity index (χ4n) is 13.5. The summed E-state index contributed by atoms with van der Waals surface area (Å²) < 4.78 is 33.2. The number of esters is 1. The molecule has 5 aliphatic heterocycles. The van der Waals surface area contributed by atoms with E-state index >= 15 is 4.79 Å². The zero-order chi connectivity index (χ0) is 54.7. The molecule has 4 aromatic heterocycles. The molecule has 6 fully saturated rings. The molecule has 9 heterocycles. The van der Waals surface area contributed by atoms with E-state index < -0.39 is 29.5 Å². The lowest BCUT2D eigenvalue weighted by Gasteiger charge is -2.39. The number of carbonyl (C=O) groups excluding carboxylic acids is 3. The number of ether oxygens (including phenoxy) is 4. The second-order valence-corrected chi connectivity index (χ2v) is 25.8. The number of hydrogen-bond donors (Lipinski definition) is 2. The maximum absolute atomic E-state index is 15.3. The Labute approximate surface area is 468 Å². The fourth-order valence-corrected chi connectivity index (χ4v) is 14.5. The fraction of sp³-hybridized carbons (Fsp3) is 0.633. The summed E-state index contributed by atoms with van der Waals surface area (Å²) in [5, 5.41) is 8.76. The van der Waals surface area contributed by atoms with Gasteiger partial charge in [-0.3, -0.25) is 34.2 Å². The van der Waals surface area contributed by atoms with E-state index in [0.717, 1.165) is 132 Å². The normalized spacial score (nSPS) is 28.2. The Balaban J connectivity index is 0.991. The van der Waals surface area contributed by atoms with E-state index in [2.05, 4.69) is 99.3 Å². The molecular weight excluding hydrogens is 1020 g/mol. The number of piperazine rings is 1. The van der Waals surface area contributed by atoms with Crippen molar-refractivity contribution in [2.45, 2.75) is 154 Å². The average Bonchev–Trinajstić information content (AvgIpc) is 4.12. The molecule has 79 heavy (non-hydrogen) atoms. The first-order valence-corrected chi connectivity index (χ1v) is 30.1. The number of hydrazine groups is 1. The van der Waals surface area contributed by atoms with Gasteiger partial charge in [0.1, 0.15) is 23.4 Å². The lowest BCUT2D eigenvalue weighted by atomic mass is 9.84. The van der Waals surface area contributed by atoms with Gasteiger partial charge in [0, 0.05) is 110 Å². The zero-order valence-corrected chi connectivity index (χ0v) is 48.0. The van der Waals surface area contributed by atoms with Gasteiger partial charge in [-0.2, -0.15) is 0 Å². The van der Waals surface area contributed by atoms with Crippen LogP contribution >= 0.6 is 11.3 Å². The van der Waals surface area contributed by atoms with Crippen LogP contribution in [0.2, 0.25) is 0 Å². The average molecular weight is 1100 g/mol. The summed E-state index contributed by atoms with van der Waals surface area (Å²) in [5.74, 6) is -1.42. The maximum Gasteiger partial charge on any atom is 0.324 e. The number of likely N-dealkylation sites (tertiary alicyclic amines) is 1. The standard InChI is InChI=1S/C60H80N10O8S/c1-36-49(46-32-75-35-62-46)50(36)55(71)64-52-54(68-17-8-9-18-68)56-63-47(33-79-56)38-12-15-48-42(27-38)44(30-59(3,4)34-77-58(73)45-11-10-19-70(65-45)57(52)72)53(69(48)24-26-76-41-16-25-78-60(5,6)29-41)43-28-40(31-61-51(43)37(2)74-7)67-22-20-66(21-23-67)39-13-14-39/h12,15,27-28,31-33,35-37,39,41,45,49-50,52,54,65H,8-11,13-14,16-26,29-30,34H2,1-7H3,(H,64,71)/t36-,37-,41+,45-,49-,50+,52-,54-/m0/s1. The number of oxazole rings is 1. The van der Waals surface area contributed by atoms with E-state index in [1.165, 1.54) is 30.6 Å². The van der Waals surface area contributed by atoms with Crippen molar-refractivity contribution >= 4 is 45.7 Å². The molecule has 424 valence electrons. The number of thiazole rings is 1. The van der Waals surface area contributed by atoms with E-state index in [0.29, 0.717) is 45.6 Å². The number of anilines is 1. The Morgan fingerprint density at radius 3 is 2.53 bits per heavy atom. The van der Waals surface area contributed by atoms with Crippen LogP contribution in [0.1, 0.15) is 133 Å². The summed E-state index contributed by atoms with van der Waals surface area (Å²) in [7, 11) is 1.75. The van der Waals surface area contributed by atoms with Gasteiger partial charge in [-0.25, -0.2) is 15.4 Å². The molecule has 0 spiro atoms. The Kier molecular flexibility index (Phi) is 15.3. The van der Waals surface area contributed by atoms with Crippen LogP contribution in [-0.4, -0.2) is 155 Å². The molecule has 0 radical (unpaired) electrons. The molecule has 1 aromatic carbocycles. The first-order chi connectivity index (χ1) is 38.1. The molecule has 2 N–H and O–H groups in total. The molecule has 2 saturated carbocycles. The lowest BCUT2D eigenvalue weighted by Crippen LogP contribution is -2.62. The molecule has 2 aliphatic carbocycles. The number of cyclic esters (lactones) is 1. The number of amides is 2. The molecule has 12 rings (SSSR count). The van der Waals surface area contributed by atoms with Crippen molar-refractivity contribution in [2.75, 3.05) is 77.6 Å².